The number of carbonyl (C=O) groups excluding carboxylic acids is 2. The first kappa shape index (κ1) is 22.7. The van der Waals surface area contributed by atoms with Crippen LogP contribution in [0.5, 0.6) is 5.75 Å². The fraction of sp³-hybridized carbons (Fsp3) is 0.320. The molecule has 0 spiro atoms. The maximum absolute atomic E-state index is 13.0. The van der Waals surface area contributed by atoms with Crippen molar-refractivity contribution in [3.8, 4) is 11.8 Å². The molecule has 178 valence electrons. The van der Waals surface area contributed by atoms with Gasteiger partial charge in [0.25, 0.3) is 5.91 Å². The molecule has 1 aliphatic carbocycles. The highest BCUT2D eigenvalue weighted by Crippen LogP contribution is 2.29. The molecule has 2 aliphatic rings. The van der Waals surface area contributed by atoms with Crippen LogP contribution >= 0.6 is 0 Å². The number of aliphatic hydroxyl groups is 1. The Morgan fingerprint density at radius 2 is 2.09 bits per heavy atom. The molecule has 0 radical (unpaired) electrons. The minimum Gasteiger partial charge on any atom is -0.480 e. The van der Waals surface area contributed by atoms with Crippen LogP contribution in [0.1, 0.15) is 30.7 Å². The number of carbonyl (C=O) groups is 2. The Kier molecular flexibility index (Phi) is 6.27. The summed E-state index contributed by atoms with van der Waals surface area (Å²) in [6, 6.07) is 14.3. The van der Waals surface area contributed by atoms with Crippen LogP contribution in [0.25, 0.3) is 10.9 Å². The average Bonchev–Trinajstić information content (AvgIpc) is 2.87. The molecule has 3 aromatic rings. The quantitative estimate of drug-likeness (QED) is 0.441. The third-order valence-electron chi connectivity index (χ3n) is 6.36. The van der Waals surface area contributed by atoms with E-state index in [9.17, 15) is 14.7 Å². The van der Waals surface area contributed by atoms with Crippen molar-refractivity contribution in [3.05, 3.63) is 53.9 Å². The normalized spacial score (nSPS) is 21.4. The first-order chi connectivity index (χ1) is 17.0. The Hall–Kier alpha value is -4.07. The van der Waals surface area contributed by atoms with Crippen LogP contribution in [-0.2, 0) is 16.1 Å². The number of aliphatic hydroxyl groups excluding tert-OH is 1. The number of nitrogens with one attached hydrogen (secondary N) is 3. The molecule has 10 nitrogen and oxygen atoms in total. The van der Waals surface area contributed by atoms with E-state index in [0.29, 0.717) is 54.3 Å². The first-order valence-electron chi connectivity index (χ1n) is 11.4. The number of aromatic nitrogens is 2. The number of anilines is 2. The summed E-state index contributed by atoms with van der Waals surface area (Å²) in [6.45, 7) is 0.387. The number of nitrogens with zero attached hydrogens (tertiary/aromatic N) is 3. The summed E-state index contributed by atoms with van der Waals surface area (Å²) in [5.74, 6) is 0.168. The van der Waals surface area contributed by atoms with Crippen molar-refractivity contribution in [2.75, 3.05) is 17.2 Å². The molecule has 35 heavy (non-hydrogen) atoms. The van der Waals surface area contributed by atoms with Gasteiger partial charge in [-0.25, -0.2) is 9.97 Å². The molecule has 3 atom stereocenters. The van der Waals surface area contributed by atoms with Gasteiger partial charge in [-0.05, 0) is 49.6 Å². The van der Waals surface area contributed by atoms with Gasteiger partial charge < -0.3 is 25.8 Å². The molecule has 1 aliphatic heterocycles. The molecule has 2 unspecified atom stereocenters. The first-order valence-corrected chi connectivity index (χ1v) is 11.4. The molecule has 1 fully saturated rings. The number of hydrogen-bond acceptors (Lipinski definition) is 8. The number of benzene rings is 1. The van der Waals surface area contributed by atoms with E-state index in [1.54, 1.807) is 24.3 Å². The van der Waals surface area contributed by atoms with Gasteiger partial charge in [-0.2, -0.15) is 5.26 Å². The summed E-state index contributed by atoms with van der Waals surface area (Å²) in [4.78, 5) is 33.2. The molecule has 0 saturated heterocycles. The number of hydrogen-bond donors (Lipinski definition) is 4. The van der Waals surface area contributed by atoms with Crippen molar-refractivity contribution < 1.29 is 19.4 Å². The summed E-state index contributed by atoms with van der Waals surface area (Å²) in [5, 5.41) is 29.6. The Labute approximate surface area is 201 Å². The van der Waals surface area contributed by atoms with Gasteiger partial charge in [0.2, 0.25) is 5.91 Å². The largest absolute Gasteiger partial charge is 0.480 e. The van der Waals surface area contributed by atoms with Gasteiger partial charge in [0.05, 0.1) is 23.0 Å². The molecule has 1 aromatic carbocycles. The van der Waals surface area contributed by atoms with Crippen molar-refractivity contribution >= 4 is 34.2 Å². The predicted octanol–water partition coefficient (Wildman–Crippen LogP) is 2.09. The van der Waals surface area contributed by atoms with Crippen molar-refractivity contribution in [1.29, 1.82) is 5.26 Å². The maximum atomic E-state index is 13.0. The van der Waals surface area contributed by atoms with Gasteiger partial charge in [-0.15, -0.1) is 0 Å². The monoisotopic (exact) mass is 472 g/mol. The van der Waals surface area contributed by atoms with Crippen LogP contribution in [0.4, 0.5) is 11.5 Å². The van der Waals surface area contributed by atoms with Gasteiger partial charge >= 0.3 is 0 Å². The highest BCUT2D eigenvalue weighted by molar-refractivity contribution is 6.01. The van der Waals surface area contributed by atoms with Gasteiger partial charge in [0, 0.05) is 23.9 Å². The van der Waals surface area contributed by atoms with E-state index in [1.807, 2.05) is 24.3 Å². The summed E-state index contributed by atoms with van der Waals surface area (Å²) >= 11 is 0. The highest BCUT2D eigenvalue weighted by atomic mass is 16.5. The van der Waals surface area contributed by atoms with E-state index < -0.39 is 6.10 Å². The zero-order valence-electron chi connectivity index (χ0n) is 18.8. The van der Waals surface area contributed by atoms with E-state index >= 15 is 0 Å². The molecular formula is C25H24N6O4. The number of pyridine rings is 2. The second-order valence-corrected chi connectivity index (χ2v) is 8.73. The zero-order valence-corrected chi connectivity index (χ0v) is 18.8. The van der Waals surface area contributed by atoms with Crippen molar-refractivity contribution in [2.45, 2.75) is 38.0 Å². The molecule has 2 amide bonds. The standard InChI is InChI=1S/C25H24N6O4/c26-11-16-6-4-14-2-1-3-19(23(14)28-16)30-25(34)15-5-8-18(20(32)10-15)27-12-17-7-9-21-24(29-17)31-22(33)13-35-21/h1-4,6-7,9,15,18,20,27,32H,5,8,10,12-13H2,(H,30,34)(H,29,31,33)/t15-,18?,20?/m1/s1. The Balaban J connectivity index is 1.18. The van der Waals surface area contributed by atoms with Gasteiger partial charge in [-0.3, -0.25) is 9.59 Å². The number of para-hydroxylation sites is 1. The van der Waals surface area contributed by atoms with Crippen LogP contribution in [0, 0.1) is 17.2 Å². The van der Waals surface area contributed by atoms with Crippen molar-refractivity contribution in [1.82, 2.24) is 15.3 Å². The second-order valence-electron chi connectivity index (χ2n) is 8.73. The van der Waals surface area contributed by atoms with Gasteiger partial charge in [0.15, 0.2) is 18.2 Å². The lowest BCUT2D eigenvalue weighted by molar-refractivity contribution is -0.122. The fourth-order valence-electron chi connectivity index (χ4n) is 4.51. The Bertz CT molecular complexity index is 1340. The number of fused-ring (bicyclic) bond motifs is 2. The second kappa shape index (κ2) is 9.66. The minimum atomic E-state index is -0.698. The molecule has 0 bridgehead atoms. The molecule has 5 rings (SSSR count). The van der Waals surface area contributed by atoms with Crippen LogP contribution in [0.3, 0.4) is 0 Å². The molecule has 3 heterocycles. The summed E-state index contributed by atoms with van der Waals surface area (Å²) < 4.78 is 5.32. The van der Waals surface area contributed by atoms with Crippen LogP contribution in [0.15, 0.2) is 42.5 Å². The molecule has 10 heteroatoms. The third kappa shape index (κ3) is 4.91. The van der Waals surface area contributed by atoms with Crippen molar-refractivity contribution in [2.24, 2.45) is 5.92 Å². The van der Waals surface area contributed by atoms with E-state index in [-0.39, 0.29) is 36.1 Å². The van der Waals surface area contributed by atoms with Crippen molar-refractivity contribution in [3.63, 3.8) is 0 Å². The Morgan fingerprint density at radius 3 is 2.91 bits per heavy atom. The number of amides is 2. The zero-order chi connectivity index (χ0) is 24.4. The van der Waals surface area contributed by atoms with E-state index in [0.717, 1.165) is 5.39 Å². The van der Waals surface area contributed by atoms with E-state index in [1.165, 1.54) is 0 Å². The number of ether oxygens (including phenoxy) is 1. The lowest BCUT2D eigenvalue weighted by Crippen LogP contribution is -2.46. The fourth-order valence-corrected chi connectivity index (χ4v) is 4.51. The van der Waals surface area contributed by atoms with Crippen LogP contribution in [-0.4, -0.2) is 45.6 Å². The maximum Gasteiger partial charge on any atom is 0.263 e. The van der Waals surface area contributed by atoms with Crippen LogP contribution < -0.4 is 20.7 Å². The van der Waals surface area contributed by atoms with Gasteiger partial charge in [0.1, 0.15) is 11.8 Å². The summed E-state index contributed by atoms with van der Waals surface area (Å²) in [5.41, 5.74) is 2.11. The SMILES string of the molecule is N#Cc1ccc2cccc(NC(=O)[C@@H]3CCC(NCc4ccc5c(n4)NC(=O)CO5)C(O)C3)c2n1. The molecule has 4 N–H and O–H groups in total. The number of rotatable bonds is 5. The topological polar surface area (TPSA) is 149 Å². The molecular weight excluding hydrogens is 448 g/mol. The lowest BCUT2D eigenvalue weighted by Gasteiger charge is -2.33. The molecule has 1 saturated carbocycles. The average molecular weight is 473 g/mol. The predicted molar refractivity (Wildman–Crippen MR) is 127 cm³/mol. The Morgan fingerprint density at radius 1 is 1.20 bits per heavy atom. The smallest absolute Gasteiger partial charge is 0.263 e. The highest BCUT2D eigenvalue weighted by Gasteiger charge is 2.33. The summed E-state index contributed by atoms with van der Waals surface area (Å²) in [7, 11) is 0. The minimum absolute atomic E-state index is 0.0206. The third-order valence-corrected chi connectivity index (χ3v) is 6.36. The van der Waals surface area contributed by atoms with E-state index in [2.05, 4.69) is 25.9 Å². The lowest BCUT2D eigenvalue weighted by atomic mass is 9.83. The molecule has 2 aromatic heterocycles. The van der Waals surface area contributed by atoms with E-state index in [4.69, 9.17) is 10.00 Å². The summed E-state index contributed by atoms with van der Waals surface area (Å²) in [6.07, 6.45) is 0.864. The van der Waals surface area contributed by atoms with Crippen LogP contribution in [0.2, 0.25) is 0 Å². The number of nitriles is 1. The van der Waals surface area contributed by atoms with Gasteiger partial charge in [-0.1, -0.05) is 12.1 Å².